The number of nitrogens with one attached hydrogen (secondary N) is 1. The number of aliphatic hydroxyl groups is 2. The molecule has 0 unspecified atom stereocenters. The van der Waals surface area contributed by atoms with Crippen LogP contribution in [-0.2, 0) is 9.53 Å². The molecule has 19 heavy (non-hydrogen) atoms. The van der Waals surface area contributed by atoms with Gasteiger partial charge in [0.15, 0.2) is 0 Å². The second-order valence-electron chi connectivity index (χ2n) is 6.18. The van der Waals surface area contributed by atoms with E-state index in [-0.39, 0.29) is 26.1 Å². The lowest BCUT2D eigenvalue weighted by atomic mass is 9.58. The molecule has 1 amide bonds. The van der Waals surface area contributed by atoms with E-state index in [0.29, 0.717) is 0 Å². The Balaban J connectivity index is 2.72. The molecule has 0 atom stereocenters. The van der Waals surface area contributed by atoms with Crippen molar-refractivity contribution >= 4 is 12.1 Å². The number of aliphatic carboxylic acids is 1. The Hall–Kier alpha value is -1.34. The zero-order valence-electron chi connectivity index (χ0n) is 11.4. The Morgan fingerprint density at radius 2 is 1.68 bits per heavy atom. The predicted octanol–water partition coefficient (Wildman–Crippen LogP) is 0.0993. The van der Waals surface area contributed by atoms with Crippen molar-refractivity contribution in [2.75, 3.05) is 13.2 Å². The number of carbonyl (C=O) groups is 2. The van der Waals surface area contributed by atoms with E-state index in [9.17, 15) is 24.9 Å². The molecule has 1 aliphatic rings. The molecule has 7 heteroatoms. The normalized spacial score (nSPS) is 20.3. The van der Waals surface area contributed by atoms with Gasteiger partial charge in [-0.2, -0.15) is 0 Å². The average Bonchev–Trinajstić information content (AvgIpc) is 2.19. The molecule has 0 radical (unpaired) electrons. The van der Waals surface area contributed by atoms with Crippen LogP contribution in [0.5, 0.6) is 0 Å². The Morgan fingerprint density at radius 3 is 2.00 bits per heavy atom. The third-order valence-electron chi connectivity index (χ3n) is 3.17. The number of ether oxygens (including phenoxy) is 1. The van der Waals surface area contributed by atoms with Crippen LogP contribution in [0.25, 0.3) is 0 Å². The minimum atomic E-state index is -1.48. The monoisotopic (exact) mass is 275 g/mol. The van der Waals surface area contributed by atoms with Crippen LogP contribution in [-0.4, -0.2) is 51.7 Å². The zero-order chi connectivity index (χ0) is 14.9. The highest BCUT2D eigenvalue weighted by atomic mass is 16.6. The fourth-order valence-corrected chi connectivity index (χ4v) is 2.29. The highest BCUT2D eigenvalue weighted by molar-refractivity contribution is 5.86. The lowest BCUT2D eigenvalue weighted by Gasteiger charge is -2.52. The fourth-order valence-electron chi connectivity index (χ4n) is 2.29. The van der Waals surface area contributed by atoms with Gasteiger partial charge >= 0.3 is 12.1 Å². The van der Waals surface area contributed by atoms with Crippen LogP contribution in [0.1, 0.15) is 33.6 Å². The lowest BCUT2D eigenvalue weighted by molar-refractivity contribution is -0.162. The number of hydrogen-bond acceptors (Lipinski definition) is 5. The van der Waals surface area contributed by atoms with E-state index in [1.54, 1.807) is 20.8 Å². The van der Waals surface area contributed by atoms with Gasteiger partial charge in [0.1, 0.15) is 11.1 Å². The molecular weight excluding hydrogens is 254 g/mol. The number of aliphatic hydroxyl groups excluding tert-OH is 2. The van der Waals surface area contributed by atoms with Gasteiger partial charge in [-0.15, -0.1) is 0 Å². The summed E-state index contributed by atoms with van der Waals surface area (Å²) >= 11 is 0. The van der Waals surface area contributed by atoms with Crippen LogP contribution in [0, 0.1) is 5.41 Å². The van der Waals surface area contributed by atoms with Crippen molar-refractivity contribution in [3.05, 3.63) is 0 Å². The van der Waals surface area contributed by atoms with E-state index in [4.69, 9.17) is 4.74 Å². The van der Waals surface area contributed by atoms with Gasteiger partial charge in [-0.1, -0.05) is 0 Å². The molecular formula is C12H21NO6. The Labute approximate surface area is 111 Å². The summed E-state index contributed by atoms with van der Waals surface area (Å²) in [6.45, 7) is 4.37. The first-order chi connectivity index (χ1) is 8.58. The van der Waals surface area contributed by atoms with Crippen molar-refractivity contribution < 1.29 is 29.6 Å². The van der Waals surface area contributed by atoms with Gasteiger partial charge in [0.25, 0.3) is 0 Å². The van der Waals surface area contributed by atoms with E-state index >= 15 is 0 Å². The molecule has 110 valence electrons. The second-order valence-corrected chi connectivity index (χ2v) is 6.18. The molecule has 1 fully saturated rings. The van der Waals surface area contributed by atoms with Crippen LogP contribution in [0.4, 0.5) is 4.79 Å². The minimum absolute atomic E-state index is 0.0262. The van der Waals surface area contributed by atoms with Crippen molar-refractivity contribution in [3.63, 3.8) is 0 Å². The Kier molecular flexibility index (Phi) is 4.11. The predicted molar refractivity (Wildman–Crippen MR) is 65.6 cm³/mol. The highest BCUT2D eigenvalue weighted by Gasteiger charge is 2.60. The van der Waals surface area contributed by atoms with E-state index in [2.05, 4.69) is 5.32 Å². The number of alkyl carbamates (subject to hydrolysis) is 1. The third-order valence-corrected chi connectivity index (χ3v) is 3.17. The summed E-state index contributed by atoms with van der Waals surface area (Å²) in [5.41, 5.74) is -3.06. The molecule has 0 bridgehead atoms. The molecule has 1 saturated carbocycles. The summed E-state index contributed by atoms with van der Waals surface area (Å²) in [4.78, 5) is 22.9. The highest BCUT2D eigenvalue weighted by Crippen LogP contribution is 2.48. The molecule has 0 aromatic carbocycles. The Bertz CT molecular complexity index is 361. The number of hydrogen-bond donors (Lipinski definition) is 4. The maximum atomic E-state index is 11.6. The van der Waals surface area contributed by atoms with Crippen LogP contribution in [0.3, 0.4) is 0 Å². The van der Waals surface area contributed by atoms with Crippen molar-refractivity contribution in [1.29, 1.82) is 0 Å². The minimum Gasteiger partial charge on any atom is -0.480 e. The zero-order valence-corrected chi connectivity index (χ0v) is 11.4. The van der Waals surface area contributed by atoms with Crippen LogP contribution in [0.2, 0.25) is 0 Å². The summed E-state index contributed by atoms with van der Waals surface area (Å²) in [5.74, 6) is -1.20. The maximum absolute atomic E-state index is 11.6. The summed E-state index contributed by atoms with van der Waals surface area (Å²) in [6.07, 6.45) is -0.872. The number of carbonyl (C=O) groups excluding carboxylic acids is 1. The summed E-state index contributed by atoms with van der Waals surface area (Å²) in [5, 5.41) is 29.9. The van der Waals surface area contributed by atoms with E-state index in [0.717, 1.165) is 0 Å². The van der Waals surface area contributed by atoms with Crippen LogP contribution in [0.15, 0.2) is 0 Å². The molecule has 7 nitrogen and oxygen atoms in total. The van der Waals surface area contributed by atoms with E-state index in [1.807, 2.05) is 0 Å². The van der Waals surface area contributed by atoms with Crippen molar-refractivity contribution in [2.45, 2.75) is 44.8 Å². The van der Waals surface area contributed by atoms with E-state index in [1.165, 1.54) is 0 Å². The molecule has 0 aromatic heterocycles. The van der Waals surface area contributed by atoms with Gasteiger partial charge in [-0.25, -0.2) is 9.59 Å². The number of carboxylic acid groups (broad SMARTS) is 1. The molecule has 0 saturated heterocycles. The van der Waals surface area contributed by atoms with Gasteiger partial charge in [-0.3, -0.25) is 0 Å². The molecule has 0 aliphatic heterocycles. The first-order valence-corrected chi connectivity index (χ1v) is 6.04. The average molecular weight is 275 g/mol. The van der Waals surface area contributed by atoms with Gasteiger partial charge in [0.2, 0.25) is 0 Å². The summed E-state index contributed by atoms with van der Waals surface area (Å²) < 4.78 is 5.02. The molecule has 1 rings (SSSR count). The second kappa shape index (κ2) is 4.97. The quantitative estimate of drug-likeness (QED) is 0.578. The number of carboxylic acids is 1. The topological polar surface area (TPSA) is 116 Å². The number of amides is 1. The molecule has 0 spiro atoms. The maximum Gasteiger partial charge on any atom is 0.408 e. The van der Waals surface area contributed by atoms with Crippen LogP contribution >= 0.6 is 0 Å². The van der Waals surface area contributed by atoms with E-state index < -0.39 is 28.6 Å². The van der Waals surface area contributed by atoms with Crippen LogP contribution < -0.4 is 5.32 Å². The standard InChI is InChI=1S/C12H21NO6/c1-10(2,3)19-9(18)13-12(8(16)17)4-11(5-12,6-14)7-15/h14-15H,4-7H2,1-3H3,(H,13,18)(H,16,17). The molecule has 4 N–H and O–H groups in total. The molecule has 0 aromatic rings. The lowest BCUT2D eigenvalue weighted by Crippen LogP contribution is -2.68. The van der Waals surface area contributed by atoms with Gasteiger partial charge < -0.3 is 25.4 Å². The first kappa shape index (κ1) is 15.7. The van der Waals surface area contributed by atoms with Gasteiger partial charge in [0.05, 0.1) is 13.2 Å². The SMILES string of the molecule is CC(C)(C)OC(=O)NC1(C(=O)O)CC(CO)(CO)C1. The van der Waals surface area contributed by atoms with Gasteiger partial charge in [0, 0.05) is 5.41 Å². The third kappa shape index (κ3) is 3.36. The van der Waals surface area contributed by atoms with Crippen molar-refractivity contribution in [2.24, 2.45) is 5.41 Å². The summed E-state index contributed by atoms with van der Waals surface area (Å²) in [6, 6.07) is 0. The van der Waals surface area contributed by atoms with Crippen molar-refractivity contribution in [3.8, 4) is 0 Å². The fraction of sp³-hybridized carbons (Fsp3) is 0.833. The molecule has 1 aliphatic carbocycles. The van der Waals surface area contributed by atoms with Gasteiger partial charge in [-0.05, 0) is 33.6 Å². The smallest absolute Gasteiger partial charge is 0.408 e. The van der Waals surface area contributed by atoms with Crippen molar-refractivity contribution in [1.82, 2.24) is 5.32 Å². The molecule has 0 heterocycles. The first-order valence-electron chi connectivity index (χ1n) is 6.04. The summed E-state index contributed by atoms with van der Waals surface area (Å²) in [7, 11) is 0. The number of rotatable bonds is 4. The largest absolute Gasteiger partial charge is 0.480 e. The Morgan fingerprint density at radius 1 is 1.21 bits per heavy atom.